The lowest BCUT2D eigenvalue weighted by Crippen LogP contribution is -2.11. The van der Waals surface area contributed by atoms with E-state index in [1.54, 1.807) is 12.1 Å². The van der Waals surface area contributed by atoms with Gasteiger partial charge in [-0.2, -0.15) is 0 Å². The number of benzene rings is 1. The van der Waals surface area contributed by atoms with Crippen molar-refractivity contribution in [1.82, 2.24) is 0 Å². The summed E-state index contributed by atoms with van der Waals surface area (Å²) in [7, 11) is 0. The molecule has 13 heavy (non-hydrogen) atoms. The van der Waals surface area contributed by atoms with Crippen LogP contribution >= 0.6 is 0 Å². The van der Waals surface area contributed by atoms with Crippen LogP contribution in [0, 0.1) is 0 Å². The van der Waals surface area contributed by atoms with Crippen LogP contribution in [0.3, 0.4) is 0 Å². The average Bonchev–Trinajstić information content (AvgIpc) is 2.17. The third kappa shape index (κ3) is 3.51. The monoisotopic (exact) mass is 178 g/mol. The Morgan fingerprint density at radius 2 is 2.00 bits per heavy atom. The van der Waals surface area contributed by atoms with Crippen LogP contribution in [0.5, 0.6) is 5.75 Å². The summed E-state index contributed by atoms with van der Waals surface area (Å²) >= 11 is 0. The summed E-state index contributed by atoms with van der Waals surface area (Å²) in [5.41, 5.74) is 0. The standard InChI is InChI=1S/C10H10O3/c11-7-6-9(12)8-13-10-4-2-1-3-5-10/h1-5,7H,6,8H2. The molecule has 0 aliphatic rings. The van der Waals surface area contributed by atoms with Crippen molar-refractivity contribution in [2.24, 2.45) is 0 Å². The molecule has 0 unspecified atom stereocenters. The lowest BCUT2D eigenvalue weighted by atomic mass is 10.3. The largest absolute Gasteiger partial charge is 0.486 e. The molecule has 3 nitrogen and oxygen atoms in total. The second-order valence-electron chi connectivity index (χ2n) is 2.51. The van der Waals surface area contributed by atoms with E-state index in [0.717, 1.165) is 0 Å². The molecule has 0 atom stereocenters. The molecular weight excluding hydrogens is 168 g/mol. The molecule has 0 saturated carbocycles. The van der Waals surface area contributed by atoms with Gasteiger partial charge < -0.3 is 9.53 Å². The molecule has 1 rings (SSSR count). The maximum atomic E-state index is 10.9. The Hall–Kier alpha value is -1.64. The van der Waals surface area contributed by atoms with Crippen molar-refractivity contribution in [2.75, 3.05) is 6.61 Å². The van der Waals surface area contributed by atoms with Crippen LogP contribution in [-0.2, 0) is 9.59 Å². The lowest BCUT2D eigenvalue weighted by molar-refractivity contribution is -0.123. The van der Waals surface area contributed by atoms with Gasteiger partial charge in [0.15, 0.2) is 5.78 Å². The number of ether oxygens (including phenoxy) is 1. The summed E-state index contributed by atoms with van der Waals surface area (Å²) in [5.74, 6) is 0.431. The van der Waals surface area contributed by atoms with Crippen molar-refractivity contribution in [3.63, 3.8) is 0 Å². The highest BCUT2D eigenvalue weighted by Crippen LogP contribution is 2.07. The number of ketones is 1. The van der Waals surface area contributed by atoms with E-state index in [1.807, 2.05) is 18.2 Å². The van der Waals surface area contributed by atoms with Crippen LogP contribution in [-0.4, -0.2) is 18.7 Å². The molecule has 0 spiro atoms. The molecule has 0 radical (unpaired) electrons. The van der Waals surface area contributed by atoms with Crippen LogP contribution in [0.1, 0.15) is 6.42 Å². The minimum Gasteiger partial charge on any atom is -0.486 e. The van der Waals surface area contributed by atoms with E-state index in [4.69, 9.17) is 4.74 Å². The van der Waals surface area contributed by atoms with Gasteiger partial charge in [-0.05, 0) is 12.1 Å². The number of carbonyl (C=O) groups excluding carboxylic acids is 2. The van der Waals surface area contributed by atoms with Gasteiger partial charge >= 0.3 is 0 Å². The van der Waals surface area contributed by atoms with Gasteiger partial charge in [-0.3, -0.25) is 4.79 Å². The van der Waals surface area contributed by atoms with E-state index in [1.165, 1.54) is 0 Å². The maximum absolute atomic E-state index is 10.9. The smallest absolute Gasteiger partial charge is 0.177 e. The Balaban J connectivity index is 2.35. The molecule has 0 aromatic heterocycles. The van der Waals surface area contributed by atoms with E-state index < -0.39 is 0 Å². The van der Waals surface area contributed by atoms with E-state index in [-0.39, 0.29) is 18.8 Å². The first-order valence-corrected chi connectivity index (χ1v) is 3.96. The van der Waals surface area contributed by atoms with Crippen LogP contribution < -0.4 is 4.74 Å². The molecule has 0 saturated heterocycles. The van der Waals surface area contributed by atoms with E-state index in [9.17, 15) is 9.59 Å². The number of Topliss-reactive ketones (excluding diaryl/α,β-unsaturated/α-hetero) is 1. The third-order valence-corrected chi connectivity index (χ3v) is 1.45. The molecule has 0 aliphatic heterocycles. The van der Waals surface area contributed by atoms with Gasteiger partial charge in [0.25, 0.3) is 0 Å². The van der Waals surface area contributed by atoms with Crippen molar-refractivity contribution < 1.29 is 14.3 Å². The van der Waals surface area contributed by atoms with E-state index >= 15 is 0 Å². The topological polar surface area (TPSA) is 43.4 Å². The molecule has 3 heteroatoms. The van der Waals surface area contributed by atoms with E-state index in [2.05, 4.69) is 0 Å². The average molecular weight is 178 g/mol. The molecule has 0 bridgehead atoms. The number of rotatable bonds is 5. The van der Waals surface area contributed by atoms with Gasteiger partial charge in [-0.1, -0.05) is 18.2 Å². The van der Waals surface area contributed by atoms with Crippen LogP contribution in [0.15, 0.2) is 30.3 Å². The number of hydrogen-bond acceptors (Lipinski definition) is 3. The molecule has 68 valence electrons. The van der Waals surface area contributed by atoms with Gasteiger partial charge in [-0.25, -0.2) is 0 Å². The lowest BCUT2D eigenvalue weighted by Gasteiger charge is -2.02. The van der Waals surface area contributed by atoms with Crippen molar-refractivity contribution in [3.05, 3.63) is 30.3 Å². The predicted molar refractivity (Wildman–Crippen MR) is 47.6 cm³/mol. The van der Waals surface area contributed by atoms with Gasteiger partial charge in [0, 0.05) is 0 Å². The summed E-state index contributed by atoms with van der Waals surface area (Å²) in [4.78, 5) is 20.8. The Morgan fingerprint density at radius 1 is 1.31 bits per heavy atom. The molecule has 0 N–H and O–H groups in total. The highest BCUT2D eigenvalue weighted by molar-refractivity contribution is 5.90. The van der Waals surface area contributed by atoms with Gasteiger partial charge in [0.05, 0.1) is 6.42 Å². The highest BCUT2D eigenvalue weighted by atomic mass is 16.5. The normalized spacial score (nSPS) is 9.23. The zero-order chi connectivity index (χ0) is 9.52. The van der Waals surface area contributed by atoms with Crippen LogP contribution in [0.4, 0.5) is 0 Å². The summed E-state index contributed by atoms with van der Waals surface area (Å²) in [5, 5.41) is 0. The second kappa shape index (κ2) is 5.09. The molecule has 0 heterocycles. The van der Waals surface area contributed by atoms with Crippen molar-refractivity contribution in [1.29, 1.82) is 0 Å². The molecular formula is C10H10O3. The van der Waals surface area contributed by atoms with Crippen molar-refractivity contribution in [3.8, 4) is 5.75 Å². The molecule has 0 aliphatic carbocycles. The van der Waals surface area contributed by atoms with Crippen LogP contribution in [0.25, 0.3) is 0 Å². The fourth-order valence-electron chi connectivity index (χ4n) is 0.832. The summed E-state index contributed by atoms with van der Waals surface area (Å²) in [6.07, 6.45) is 0.503. The second-order valence-corrected chi connectivity index (χ2v) is 2.51. The van der Waals surface area contributed by atoms with Gasteiger partial charge in [-0.15, -0.1) is 0 Å². The Morgan fingerprint density at radius 3 is 2.62 bits per heavy atom. The molecule has 0 amide bonds. The van der Waals surface area contributed by atoms with Crippen molar-refractivity contribution >= 4 is 12.1 Å². The summed E-state index contributed by atoms with van der Waals surface area (Å²) < 4.78 is 5.11. The molecule has 0 fully saturated rings. The minimum absolute atomic E-state index is 0.0389. The molecule has 1 aromatic carbocycles. The fourth-order valence-corrected chi connectivity index (χ4v) is 0.832. The Bertz CT molecular complexity index is 279. The minimum atomic E-state index is -0.209. The van der Waals surface area contributed by atoms with Crippen LogP contribution in [0.2, 0.25) is 0 Å². The van der Waals surface area contributed by atoms with Crippen molar-refractivity contribution in [2.45, 2.75) is 6.42 Å². The fraction of sp³-hybridized carbons (Fsp3) is 0.200. The zero-order valence-electron chi connectivity index (χ0n) is 7.10. The SMILES string of the molecule is O=CCC(=O)COc1ccccc1. The first-order valence-electron chi connectivity index (χ1n) is 3.96. The first kappa shape index (κ1) is 9.45. The quantitative estimate of drug-likeness (QED) is 0.503. The summed E-state index contributed by atoms with van der Waals surface area (Å²) in [6, 6.07) is 9.02. The summed E-state index contributed by atoms with van der Waals surface area (Å²) in [6.45, 7) is -0.0389. The Labute approximate surface area is 76.3 Å². The first-order chi connectivity index (χ1) is 6.33. The van der Waals surface area contributed by atoms with Gasteiger partial charge in [0.1, 0.15) is 18.6 Å². The third-order valence-electron chi connectivity index (χ3n) is 1.45. The molecule has 1 aromatic rings. The predicted octanol–water partition coefficient (Wildman–Crippen LogP) is 1.22. The maximum Gasteiger partial charge on any atom is 0.177 e. The number of carbonyl (C=O) groups is 2. The number of hydrogen-bond donors (Lipinski definition) is 0. The van der Waals surface area contributed by atoms with E-state index in [0.29, 0.717) is 12.0 Å². The Kier molecular flexibility index (Phi) is 3.70. The number of aldehydes is 1. The zero-order valence-corrected chi connectivity index (χ0v) is 7.10. The number of para-hydroxylation sites is 1. The van der Waals surface area contributed by atoms with Gasteiger partial charge in [0.2, 0.25) is 0 Å². The highest BCUT2D eigenvalue weighted by Gasteiger charge is 2.00.